The minimum atomic E-state index is -0.279. The highest BCUT2D eigenvalue weighted by atomic mass is 32.1. The van der Waals surface area contributed by atoms with Crippen molar-refractivity contribution in [1.82, 2.24) is 15.1 Å². The van der Waals surface area contributed by atoms with Crippen LogP contribution in [-0.2, 0) is 4.79 Å². The third-order valence-electron chi connectivity index (χ3n) is 4.17. The van der Waals surface area contributed by atoms with Gasteiger partial charge in [0.05, 0.1) is 0 Å². The van der Waals surface area contributed by atoms with E-state index in [0.29, 0.717) is 37.0 Å². The van der Waals surface area contributed by atoms with Gasteiger partial charge in [-0.05, 0) is 25.7 Å². The minimum Gasteiger partial charge on any atom is -0.369 e. The molecule has 0 atom stereocenters. The van der Waals surface area contributed by atoms with Crippen molar-refractivity contribution in [3.8, 4) is 0 Å². The molecule has 2 rings (SSSR count). The summed E-state index contributed by atoms with van der Waals surface area (Å²) >= 11 is 1.43. The van der Waals surface area contributed by atoms with E-state index in [2.05, 4.69) is 29.4 Å². The second-order valence-corrected chi connectivity index (χ2v) is 6.56. The first kappa shape index (κ1) is 16.7. The number of hydrogen-bond acceptors (Lipinski definition) is 5. The maximum atomic E-state index is 12.2. The molecule has 1 aliphatic rings. The highest BCUT2D eigenvalue weighted by Gasteiger charge is 2.26. The molecular weight excluding hydrogens is 302 g/mol. The molecule has 1 fully saturated rings. The normalized spacial score (nSPS) is 16.0. The Kier molecular flexibility index (Phi) is 5.70. The summed E-state index contributed by atoms with van der Waals surface area (Å²) in [5.41, 5.74) is 5.30. The maximum absolute atomic E-state index is 12.2. The summed E-state index contributed by atoms with van der Waals surface area (Å²) in [6.45, 7) is 5.32. The van der Waals surface area contributed by atoms with Crippen LogP contribution in [0.2, 0.25) is 0 Å². The molecule has 1 aromatic heterocycles. The van der Waals surface area contributed by atoms with Gasteiger partial charge in [-0.25, -0.2) is 4.79 Å². The number of nitrogens with one attached hydrogen (secondary N) is 1. The van der Waals surface area contributed by atoms with Gasteiger partial charge in [-0.2, -0.15) is 0 Å². The van der Waals surface area contributed by atoms with Gasteiger partial charge in [-0.1, -0.05) is 25.2 Å². The number of piperidine rings is 1. The quantitative estimate of drug-likeness (QED) is 0.866. The molecule has 0 unspecified atom stereocenters. The van der Waals surface area contributed by atoms with Gasteiger partial charge in [0.1, 0.15) is 5.01 Å². The number of nitrogens with two attached hydrogens (primary N) is 1. The standard InChI is InChI=1S/C14H23N5O2S/c1-3-9(4-2)12-17-18-13(22-12)16-14(21)19-7-5-10(6-8-19)11(15)20/h9-10H,3-8H2,1-2H3,(H2,15,20)(H,16,18,21). The fourth-order valence-corrected chi connectivity index (χ4v) is 3.63. The Labute approximate surface area is 134 Å². The molecule has 22 heavy (non-hydrogen) atoms. The Morgan fingerprint density at radius 1 is 1.32 bits per heavy atom. The molecule has 0 spiro atoms. The topological polar surface area (TPSA) is 101 Å². The number of anilines is 1. The molecule has 0 radical (unpaired) electrons. The van der Waals surface area contributed by atoms with E-state index in [1.54, 1.807) is 4.90 Å². The largest absolute Gasteiger partial charge is 0.369 e. The number of primary amides is 1. The minimum absolute atomic E-state index is 0.118. The van der Waals surface area contributed by atoms with Crippen LogP contribution in [0.25, 0.3) is 0 Å². The molecule has 0 aliphatic carbocycles. The number of hydrogen-bond donors (Lipinski definition) is 2. The van der Waals surface area contributed by atoms with Crippen molar-refractivity contribution in [2.45, 2.75) is 45.4 Å². The van der Waals surface area contributed by atoms with Crippen molar-refractivity contribution in [1.29, 1.82) is 0 Å². The van der Waals surface area contributed by atoms with Gasteiger partial charge in [-0.15, -0.1) is 10.2 Å². The molecule has 7 nitrogen and oxygen atoms in total. The summed E-state index contributed by atoms with van der Waals surface area (Å²) in [5, 5.41) is 12.5. The van der Waals surface area contributed by atoms with E-state index in [4.69, 9.17) is 5.73 Å². The molecule has 3 amide bonds. The molecule has 3 N–H and O–H groups in total. The van der Waals surface area contributed by atoms with Gasteiger partial charge >= 0.3 is 6.03 Å². The van der Waals surface area contributed by atoms with E-state index in [1.165, 1.54) is 11.3 Å². The SMILES string of the molecule is CCC(CC)c1nnc(NC(=O)N2CCC(C(N)=O)CC2)s1. The van der Waals surface area contributed by atoms with Crippen LogP contribution in [-0.4, -0.2) is 40.1 Å². The predicted octanol–water partition coefficient (Wildman–Crippen LogP) is 2.17. The molecule has 122 valence electrons. The molecule has 0 saturated carbocycles. The van der Waals surface area contributed by atoms with Crippen LogP contribution >= 0.6 is 11.3 Å². The highest BCUT2D eigenvalue weighted by molar-refractivity contribution is 7.15. The Bertz CT molecular complexity index is 521. The Hall–Kier alpha value is -1.70. The predicted molar refractivity (Wildman–Crippen MR) is 85.7 cm³/mol. The molecule has 1 aliphatic heterocycles. The van der Waals surface area contributed by atoms with Crippen LogP contribution in [0.5, 0.6) is 0 Å². The van der Waals surface area contributed by atoms with Crippen molar-refractivity contribution in [3.05, 3.63) is 5.01 Å². The fourth-order valence-electron chi connectivity index (χ4n) is 2.63. The van der Waals surface area contributed by atoms with E-state index in [9.17, 15) is 9.59 Å². The van der Waals surface area contributed by atoms with Crippen LogP contribution in [0, 0.1) is 5.92 Å². The lowest BCUT2D eigenvalue weighted by atomic mass is 9.96. The van der Waals surface area contributed by atoms with Crippen LogP contribution in [0.3, 0.4) is 0 Å². The average molecular weight is 325 g/mol. The van der Waals surface area contributed by atoms with Crippen LogP contribution in [0.1, 0.15) is 50.5 Å². The number of rotatable bonds is 5. The lowest BCUT2D eigenvalue weighted by molar-refractivity contribution is -0.122. The van der Waals surface area contributed by atoms with Gasteiger partial charge in [0.2, 0.25) is 11.0 Å². The number of nitrogens with zero attached hydrogens (tertiary/aromatic N) is 3. The first-order valence-electron chi connectivity index (χ1n) is 7.73. The van der Waals surface area contributed by atoms with E-state index in [-0.39, 0.29) is 17.9 Å². The summed E-state index contributed by atoms with van der Waals surface area (Å²) in [6, 6.07) is -0.185. The molecule has 1 aromatic rings. The van der Waals surface area contributed by atoms with Crippen LogP contribution < -0.4 is 11.1 Å². The number of amides is 3. The number of carbonyl (C=O) groups is 2. The van der Waals surface area contributed by atoms with Gasteiger partial charge < -0.3 is 10.6 Å². The second kappa shape index (κ2) is 7.53. The Balaban J connectivity index is 1.89. The zero-order valence-corrected chi connectivity index (χ0v) is 13.9. The summed E-state index contributed by atoms with van der Waals surface area (Å²) in [6.07, 6.45) is 3.27. The third-order valence-corrected chi connectivity index (χ3v) is 5.18. The van der Waals surface area contributed by atoms with Gasteiger partial charge in [0, 0.05) is 24.9 Å². The van der Waals surface area contributed by atoms with Gasteiger partial charge in [-0.3, -0.25) is 10.1 Å². The molecule has 0 bridgehead atoms. The van der Waals surface area contributed by atoms with Crippen molar-refractivity contribution < 1.29 is 9.59 Å². The van der Waals surface area contributed by atoms with Gasteiger partial charge in [0.25, 0.3) is 0 Å². The number of urea groups is 1. The molecule has 8 heteroatoms. The smallest absolute Gasteiger partial charge is 0.323 e. The van der Waals surface area contributed by atoms with Crippen molar-refractivity contribution >= 4 is 28.4 Å². The molecule has 2 heterocycles. The lowest BCUT2D eigenvalue weighted by Gasteiger charge is -2.30. The fraction of sp³-hybridized carbons (Fsp3) is 0.714. The monoisotopic (exact) mass is 325 g/mol. The first-order chi connectivity index (χ1) is 10.5. The van der Waals surface area contributed by atoms with Crippen LogP contribution in [0.15, 0.2) is 0 Å². The van der Waals surface area contributed by atoms with Crippen molar-refractivity contribution in [3.63, 3.8) is 0 Å². The molecular formula is C14H23N5O2S. The Morgan fingerprint density at radius 2 is 1.95 bits per heavy atom. The third kappa shape index (κ3) is 3.94. The van der Waals surface area contributed by atoms with E-state index in [1.807, 2.05) is 0 Å². The summed E-state index contributed by atoms with van der Waals surface area (Å²) in [4.78, 5) is 25.0. The van der Waals surface area contributed by atoms with E-state index < -0.39 is 0 Å². The molecule has 0 aromatic carbocycles. The summed E-state index contributed by atoms with van der Waals surface area (Å²) in [7, 11) is 0. The second-order valence-electron chi connectivity index (χ2n) is 5.55. The number of carbonyl (C=O) groups excluding carboxylic acids is 2. The van der Waals surface area contributed by atoms with Crippen LogP contribution in [0.4, 0.5) is 9.93 Å². The average Bonchev–Trinajstić information content (AvgIpc) is 2.97. The zero-order valence-electron chi connectivity index (χ0n) is 13.0. The number of aromatic nitrogens is 2. The van der Waals surface area contributed by atoms with E-state index >= 15 is 0 Å². The van der Waals surface area contributed by atoms with E-state index in [0.717, 1.165) is 17.8 Å². The van der Waals surface area contributed by atoms with Crippen molar-refractivity contribution in [2.24, 2.45) is 11.7 Å². The van der Waals surface area contributed by atoms with Gasteiger partial charge in [0.15, 0.2) is 0 Å². The number of likely N-dealkylation sites (tertiary alicyclic amines) is 1. The first-order valence-corrected chi connectivity index (χ1v) is 8.55. The Morgan fingerprint density at radius 3 is 2.50 bits per heavy atom. The summed E-state index contributed by atoms with van der Waals surface area (Å²) < 4.78 is 0. The highest BCUT2D eigenvalue weighted by Crippen LogP contribution is 2.28. The maximum Gasteiger partial charge on any atom is 0.323 e. The molecule has 1 saturated heterocycles. The van der Waals surface area contributed by atoms with Crippen molar-refractivity contribution in [2.75, 3.05) is 18.4 Å². The summed E-state index contributed by atoms with van der Waals surface area (Å²) in [5.74, 6) is 0.000471. The zero-order chi connectivity index (χ0) is 16.1. The lowest BCUT2D eigenvalue weighted by Crippen LogP contribution is -2.43.